The van der Waals surface area contributed by atoms with Crippen LogP contribution in [-0.4, -0.2) is 44.0 Å². The van der Waals surface area contributed by atoms with E-state index in [0.717, 1.165) is 35.3 Å². The molecule has 0 radical (unpaired) electrons. The first-order valence-corrected chi connectivity index (χ1v) is 8.14. The Kier molecular flexibility index (Phi) is 4.25. The van der Waals surface area contributed by atoms with Gasteiger partial charge in [0.2, 0.25) is 0 Å². The summed E-state index contributed by atoms with van der Waals surface area (Å²) in [4.78, 5) is 19.5. The molecule has 3 rings (SSSR count). The monoisotopic (exact) mass is 299 g/mol. The van der Waals surface area contributed by atoms with E-state index in [2.05, 4.69) is 39.8 Å². The Morgan fingerprint density at radius 1 is 1.27 bits per heavy atom. The predicted molar refractivity (Wildman–Crippen MR) is 87.8 cm³/mol. The highest BCUT2D eigenvalue weighted by molar-refractivity contribution is 5.50. The van der Waals surface area contributed by atoms with E-state index in [0.29, 0.717) is 12.0 Å². The zero-order valence-corrected chi connectivity index (χ0v) is 13.9. The molecule has 0 aromatic carbocycles. The second-order valence-corrected chi connectivity index (χ2v) is 6.57. The summed E-state index contributed by atoms with van der Waals surface area (Å²) in [6.07, 6.45) is 4.28. The van der Waals surface area contributed by atoms with Crippen molar-refractivity contribution < 1.29 is 0 Å². The number of aromatic amines is 1. The molecule has 1 atom stereocenters. The minimum atomic E-state index is 0.493. The van der Waals surface area contributed by atoms with Crippen molar-refractivity contribution in [2.24, 2.45) is 0 Å². The maximum atomic E-state index is 4.70. The van der Waals surface area contributed by atoms with Crippen LogP contribution in [0, 0.1) is 13.8 Å². The standard InChI is InChI=1S/C17H25N5/c1-11(2)22-7-5-6-14(10-22)15-8-16(21-13(4)20-15)17-18-9-12(3)19-17/h8-9,11,14H,5-7,10H2,1-4H3,(H,18,19)/t14-/m0/s1. The van der Waals surface area contributed by atoms with Crippen LogP contribution in [-0.2, 0) is 0 Å². The molecule has 0 saturated carbocycles. The number of nitrogens with one attached hydrogen (secondary N) is 1. The van der Waals surface area contributed by atoms with Crippen molar-refractivity contribution in [2.45, 2.75) is 52.5 Å². The molecule has 118 valence electrons. The molecule has 2 aromatic rings. The van der Waals surface area contributed by atoms with Crippen LogP contribution in [0.5, 0.6) is 0 Å². The van der Waals surface area contributed by atoms with Crippen molar-refractivity contribution in [1.82, 2.24) is 24.8 Å². The zero-order chi connectivity index (χ0) is 15.7. The Bertz CT molecular complexity index is 646. The van der Waals surface area contributed by atoms with E-state index in [9.17, 15) is 0 Å². The van der Waals surface area contributed by atoms with E-state index in [4.69, 9.17) is 4.98 Å². The number of H-pyrrole nitrogens is 1. The molecule has 0 amide bonds. The number of rotatable bonds is 3. The maximum absolute atomic E-state index is 4.70. The van der Waals surface area contributed by atoms with Gasteiger partial charge in [-0.1, -0.05) is 0 Å². The lowest BCUT2D eigenvalue weighted by atomic mass is 9.93. The van der Waals surface area contributed by atoms with Crippen molar-refractivity contribution in [3.63, 3.8) is 0 Å². The fourth-order valence-electron chi connectivity index (χ4n) is 3.18. The van der Waals surface area contributed by atoms with Crippen molar-refractivity contribution in [1.29, 1.82) is 0 Å². The van der Waals surface area contributed by atoms with E-state index in [1.54, 1.807) is 0 Å². The predicted octanol–water partition coefficient (Wildman–Crippen LogP) is 3.07. The fourth-order valence-corrected chi connectivity index (χ4v) is 3.18. The van der Waals surface area contributed by atoms with Crippen LogP contribution in [0.25, 0.3) is 11.5 Å². The third-order valence-electron chi connectivity index (χ3n) is 4.40. The average Bonchev–Trinajstić information content (AvgIpc) is 2.93. The summed E-state index contributed by atoms with van der Waals surface area (Å²) in [5.41, 5.74) is 3.11. The van der Waals surface area contributed by atoms with Gasteiger partial charge < -0.3 is 9.88 Å². The number of nitrogens with zero attached hydrogens (tertiary/aromatic N) is 4. The van der Waals surface area contributed by atoms with E-state index in [1.807, 2.05) is 20.0 Å². The van der Waals surface area contributed by atoms with Gasteiger partial charge in [0, 0.05) is 36.1 Å². The normalized spacial score (nSPS) is 19.8. The first-order chi connectivity index (χ1) is 10.5. The van der Waals surface area contributed by atoms with Gasteiger partial charge >= 0.3 is 0 Å². The van der Waals surface area contributed by atoms with Crippen molar-refractivity contribution in [3.05, 3.63) is 29.5 Å². The lowest BCUT2D eigenvalue weighted by Crippen LogP contribution is -2.39. The van der Waals surface area contributed by atoms with Gasteiger partial charge in [0.05, 0.1) is 0 Å². The molecule has 22 heavy (non-hydrogen) atoms. The SMILES string of the molecule is Cc1nc(-c2ncc(C)[nH]2)cc([C@H]2CCCN(C(C)C)C2)n1. The lowest BCUT2D eigenvalue weighted by Gasteiger charge is -2.35. The summed E-state index contributed by atoms with van der Waals surface area (Å²) in [5, 5.41) is 0. The molecular weight excluding hydrogens is 274 g/mol. The molecule has 0 aliphatic carbocycles. The maximum Gasteiger partial charge on any atom is 0.156 e. The van der Waals surface area contributed by atoms with Gasteiger partial charge in [-0.05, 0) is 53.1 Å². The highest BCUT2D eigenvalue weighted by atomic mass is 15.2. The molecule has 0 spiro atoms. The second-order valence-electron chi connectivity index (χ2n) is 6.57. The van der Waals surface area contributed by atoms with Crippen LogP contribution in [0.15, 0.2) is 12.3 Å². The van der Waals surface area contributed by atoms with Gasteiger partial charge in [-0.2, -0.15) is 0 Å². The zero-order valence-electron chi connectivity index (χ0n) is 13.9. The summed E-state index contributed by atoms with van der Waals surface area (Å²) < 4.78 is 0. The molecule has 1 aliphatic rings. The third kappa shape index (κ3) is 3.19. The minimum Gasteiger partial charge on any atom is -0.341 e. The minimum absolute atomic E-state index is 0.493. The van der Waals surface area contributed by atoms with Gasteiger partial charge in [0.25, 0.3) is 0 Å². The highest BCUT2D eigenvalue weighted by Crippen LogP contribution is 2.28. The molecule has 5 heteroatoms. The second kappa shape index (κ2) is 6.16. The van der Waals surface area contributed by atoms with Crippen LogP contribution in [0.4, 0.5) is 0 Å². The number of hydrogen-bond donors (Lipinski definition) is 1. The van der Waals surface area contributed by atoms with Crippen molar-refractivity contribution in [2.75, 3.05) is 13.1 Å². The smallest absolute Gasteiger partial charge is 0.156 e. The van der Waals surface area contributed by atoms with Crippen LogP contribution >= 0.6 is 0 Å². The molecule has 1 saturated heterocycles. The van der Waals surface area contributed by atoms with Gasteiger partial charge in [0.1, 0.15) is 11.5 Å². The van der Waals surface area contributed by atoms with Crippen LogP contribution < -0.4 is 0 Å². The number of hydrogen-bond acceptors (Lipinski definition) is 4. The molecule has 0 unspecified atom stereocenters. The molecule has 1 aliphatic heterocycles. The van der Waals surface area contributed by atoms with E-state index in [-0.39, 0.29) is 0 Å². The van der Waals surface area contributed by atoms with E-state index < -0.39 is 0 Å². The number of piperidine rings is 1. The molecule has 2 aromatic heterocycles. The molecule has 0 bridgehead atoms. The molecular formula is C17H25N5. The number of likely N-dealkylation sites (tertiary alicyclic amines) is 1. The topological polar surface area (TPSA) is 57.7 Å². The van der Waals surface area contributed by atoms with Gasteiger partial charge in [-0.3, -0.25) is 0 Å². The lowest BCUT2D eigenvalue weighted by molar-refractivity contribution is 0.166. The highest BCUT2D eigenvalue weighted by Gasteiger charge is 2.24. The summed E-state index contributed by atoms with van der Waals surface area (Å²) in [7, 11) is 0. The Morgan fingerprint density at radius 2 is 2.09 bits per heavy atom. The Morgan fingerprint density at radius 3 is 2.77 bits per heavy atom. The van der Waals surface area contributed by atoms with E-state index in [1.165, 1.54) is 19.4 Å². The van der Waals surface area contributed by atoms with Crippen LogP contribution in [0.2, 0.25) is 0 Å². The Labute approximate surface area is 132 Å². The summed E-state index contributed by atoms with van der Waals surface area (Å²) in [6.45, 7) is 10.8. The fraction of sp³-hybridized carbons (Fsp3) is 0.588. The Balaban J connectivity index is 1.89. The number of imidazole rings is 1. The quantitative estimate of drug-likeness (QED) is 0.946. The van der Waals surface area contributed by atoms with Gasteiger partial charge in [0.15, 0.2) is 5.82 Å². The third-order valence-corrected chi connectivity index (χ3v) is 4.40. The van der Waals surface area contributed by atoms with Crippen molar-refractivity contribution >= 4 is 0 Å². The average molecular weight is 299 g/mol. The first-order valence-electron chi connectivity index (χ1n) is 8.14. The summed E-state index contributed by atoms with van der Waals surface area (Å²) in [5.74, 6) is 2.15. The molecule has 3 heterocycles. The van der Waals surface area contributed by atoms with E-state index >= 15 is 0 Å². The van der Waals surface area contributed by atoms with Crippen LogP contribution in [0.3, 0.4) is 0 Å². The van der Waals surface area contributed by atoms with Gasteiger partial charge in [-0.15, -0.1) is 0 Å². The Hall–Kier alpha value is -1.75. The summed E-state index contributed by atoms with van der Waals surface area (Å²) in [6, 6.07) is 2.71. The molecule has 5 nitrogen and oxygen atoms in total. The first kappa shape index (κ1) is 15.2. The van der Waals surface area contributed by atoms with Crippen LogP contribution in [0.1, 0.15) is 49.8 Å². The number of aromatic nitrogens is 4. The molecule has 1 fully saturated rings. The summed E-state index contributed by atoms with van der Waals surface area (Å²) >= 11 is 0. The van der Waals surface area contributed by atoms with Crippen molar-refractivity contribution in [3.8, 4) is 11.5 Å². The largest absolute Gasteiger partial charge is 0.341 e. The molecule has 1 N–H and O–H groups in total. The number of aryl methyl sites for hydroxylation is 2. The van der Waals surface area contributed by atoms with Gasteiger partial charge in [-0.25, -0.2) is 15.0 Å².